The molecule has 0 saturated heterocycles. The quantitative estimate of drug-likeness (QED) is 0.467. The normalized spacial score (nSPS) is 11.6. The third-order valence-electron chi connectivity index (χ3n) is 0.247. The third kappa shape index (κ3) is 4.25. The summed E-state index contributed by atoms with van der Waals surface area (Å²) in [5.74, 6) is -2.79. The molecule has 0 nitrogen and oxygen atoms in total. The minimum atomic E-state index is -2.79. The predicted molar refractivity (Wildman–Crippen MR) is 40.8 cm³/mol. The van der Waals surface area contributed by atoms with Crippen molar-refractivity contribution in [2.45, 2.75) is 0 Å². The molecule has 0 bridgehead atoms. The van der Waals surface area contributed by atoms with Gasteiger partial charge in [0.1, 0.15) is 0 Å². The molecule has 0 aliphatic heterocycles. The van der Waals surface area contributed by atoms with E-state index in [1.165, 1.54) is 0 Å². The van der Waals surface area contributed by atoms with Crippen LogP contribution in [0, 0.1) is 0 Å². The Hall–Kier alpha value is 1.73. The topological polar surface area (TPSA) is 0 Å². The zero-order valence-corrected chi connectivity index (χ0v) is 7.75. The number of halogens is 5. The lowest BCUT2D eigenvalue weighted by Gasteiger charge is -2.01. The molecule has 0 rings (SSSR count). The molecule has 0 atom stereocenters. The van der Waals surface area contributed by atoms with Gasteiger partial charge in [-0.05, 0) is 0 Å². The Balaban J connectivity index is 3.54. The number of hydrogen-bond donors (Lipinski definition) is 0. The fourth-order valence-electron chi connectivity index (χ4n) is 0. The second-order valence-electron chi connectivity index (χ2n) is 0.842. The summed E-state index contributed by atoms with van der Waals surface area (Å²) in [6.45, 7) is 0. The van der Waals surface area contributed by atoms with E-state index in [0.29, 0.717) is 0 Å². The molecule has 0 unspecified atom stereocenters. The van der Waals surface area contributed by atoms with Gasteiger partial charge in [0.2, 0.25) is 0 Å². The first-order chi connectivity index (χ1) is 2.94. The molecular weight excluding hydrogens is 216 g/mol. The summed E-state index contributed by atoms with van der Waals surface area (Å²) >= 11 is 26.2. The maximum absolute atomic E-state index is 5.27. The average molecular weight is 216 g/mol. The van der Waals surface area contributed by atoms with Crippen LogP contribution in [0.4, 0.5) is 0 Å². The van der Waals surface area contributed by atoms with E-state index in [1.807, 2.05) is 0 Å². The van der Waals surface area contributed by atoms with Crippen molar-refractivity contribution in [1.82, 2.24) is 0 Å². The maximum Gasteiger partial charge on any atom is 0.392 e. The molecule has 0 aliphatic rings. The van der Waals surface area contributed by atoms with Crippen molar-refractivity contribution in [2.24, 2.45) is 0 Å². The highest BCUT2D eigenvalue weighted by atomic mass is 35.8. The van der Waals surface area contributed by atoms with Crippen LogP contribution in [0.1, 0.15) is 0 Å². The molecule has 0 spiro atoms. The summed E-state index contributed by atoms with van der Waals surface area (Å²) in [7, 11) is 0. The van der Waals surface area contributed by atoms with Crippen LogP contribution in [0.3, 0.4) is 0 Å². The first-order valence-corrected chi connectivity index (χ1v) is 7.28. The SMILES string of the molecule is ClB(Cl)[Si](Cl)(Cl)Cl. The first-order valence-electron chi connectivity index (χ1n) is 1.29. The van der Waals surface area contributed by atoms with Crippen molar-refractivity contribution in [1.29, 1.82) is 0 Å². The van der Waals surface area contributed by atoms with Crippen molar-refractivity contribution in [3.8, 4) is 0 Å². The van der Waals surface area contributed by atoms with Gasteiger partial charge in [0.25, 0.3) is 0 Å². The highest BCUT2D eigenvalue weighted by molar-refractivity contribution is 7.97. The molecule has 0 aliphatic carbocycles. The molecular formula is BCl5Si. The third-order valence-corrected chi connectivity index (χ3v) is 6.68. The summed E-state index contributed by atoms with van der Waals surface area (Å²) in [6.07, 6.45) is 0. The standard InChI is InChI=1S/BCl5Si/c2-1(3)7(4,5)6. The predicted octanol–water partition coefficient (Wildman–Crippen LogP) is 2.69. The van der Waals surface area contributed by atoms with Gasteiger partial charge in [-0.1, -0.05) is 0 Å². The molecule has 0 heterocycles. The van der Waals surface area contributed by atoms with Crippen molar-refractivity contribution < 1.29 is 0 Å². The van der Waals surface area contributed by atoms with Crippen molar-refractivity contribution in [3.05, 3.63) is 0 Å². The summed E-state index contributed by atoms with van der Waals surface area (Å²) in [6, 6.07) is 0. The van der Waals surface area contributed by atoms with E-state index in [1.54, 1.807) is 0 Å². The molecule has 0 N–H and O–H groups in total. The van der Waals surface area contributed by atoms with Gasteiger partial charge in [-0.25, -0.2) is 0 Å². The smallest absolute Gasteiger partial charge is 0.171 e. The molecule has 0 aromatic carbocycles. The van der Waals surface area contributed by atoms with E-state index in [4.69, 9.17) is 56.2 Å². The fourth-order valence-corrected chi connectivity index (χ4v) is 0. The van der Waals surface area contributed by atoms with Gasteiger partial charge < -0.3 is 0 Å². The molecule has 0 amide bonds. The van der Waals surface area contributed by atoms with E-state index in [2.05, 4.69) is 0 Å². The molecule has 7 heteroatoms. The molecule has 0 aromatic heterocycles. The van der Waals surface area contributed by atoms with Crippen molar-refractivity contribution in [3.63, 3.8) is 0 Å². The molecule has 7 heavy (non-hydrogen) atoms. The second kappa shape index (κ2) is 3.04. The zero-order chi connectivity index (χ0) is 6.08. The van der Waals surface area contributed by atoms with Gasteiger partial charge in [0, 0.05) is 0 Å². The van der Waals surface area contributed by atoms with E-state index >= 15 is 0 Å². The van der Waals surface area contributed by atoms with Gasteiger partial charge in [-0.2, -0.15) is 22.9 Å². The van der Waals surface area contributed by atoms with E-state index in [-0.39, 0.29) is 0 Å². The first kappa shape index (κ1) is 8.73. The summed E-state index contributed by atoms with van der Waals surface area (Å²) in [5, 5.41) is -0.822. The van der Waals surface area contributed by atoms with E-state index < -0.39 is 11.0 Å². The summed E-state index contributed by atoms with van der Waals surface area (Å²) in [4.78, 5) is 0. The Morgan fingerprint density at radius 2 is 1.14 bits per heavy atom. The van der Waals surface area contributed by atoms with Gasteiger partial charge in [0.15, 0.2) is 0 Å². The summed E-state index contributed by atoms with van der Waals surface area (Å²) < 4.78 is 0. The Labute approximate surface area is 67.0 Å². The van der Waals surface area contributed by atoms with Crippen LogP contribution >= 0.6 is 56.2 Å². The van der Waals surface area contributed by atoms with Crippen LogP contribution in [-0.2, 0) is 0 Å². The van der Waals surface area contributed by atoms with Crippen LogP contribution in [0.2, 0.25) is 0 Å². The van der Waals surface area contributed by atoms with Gasteiger partial charge in [-0.3, -0.25) is 0 Å². The Morgan fingerprint density at radius 3 is 1.14 bits per heavy atom. The molecule has 0 radical (unpaired) electrons. The minimum absolute atomic E-state index is 0.822. The number of rotatable bonds is 1. The van der Waals surface area contributed by atoms with Crippen LogP contribution in [0.25, 0.3) is 0 Å². The highest BCUT2D eigenvalue weighted by Gasteiger charge is 2.38. The highest BCUT2D eigenvalue weighted by Crippen LogP contribution is 2.26. The fraction of sp³-hybridized carbons (Fsp3) is 0. The average Bonchev–Trinajstić information content (AvgIpc) is 1.31. The Morgan fingerprint density at radius 1 is 1.00 bits per heavy atom. The zero-order valence-electron chi connectivity index (χ0n) is 2.97. The molecule has 42 valence electrons. The van der Waals surface area contributed by atoms with Crippen molar-refractivity contribution in [2.75, 3.05) is 0 Å². The molecule has 0 aromatic rings. The second-order valence-corrected chi connectivity index (χ2v) is 11.4. The lowest BCUT2D eigenvalue weighted by Crippen LogP contribution is -2.25. The van der Waals surface area contributed by atoms with Gasteiger partial charge >= 0.3 is 11.0 Å². The van der Waals surface area contributed by atoms with E-state index in [0.717, 1.165) is 0 Å². The molecule has 0 fully saturated rings. The van der Waals surface area contributed by atoms with Crippen LogP contribution in [0.15, 0.2) is 0 Å². The minimum Gasteiger partial charge on any atom is -0.171 e. The van der Waals surface area contributed by atoms with Gasteiger partial charge in [-0.15, -0.1) is 33.2 Å². The lowest BCUT2D eigenvalue weighted by molar-refractivity contribution is 3.61. The largest absolute Gasteiger partial charge is 0.392 e. The lowest BCUT2D eigenvalue weighted by atomic mass is 10.7. The van der Waals surface area contributed by atoms with E-state index in [9.17, 15) is 0 Å². The van der Waals surface area contributed by atoms with Crippen LogP contribution in [-0.4, -0.2) is 11.0 Å². The van der Waals surface area contributed by atoms with Crippen LogP contribution in [0.5, 0.6) is 0 Å². The van der Waals surface area contributed by atoms with Gasteiger partial charge in [0.05, 0.1) is 0 Å². The molecule has 0 saturated carbocycles. The summed E-state index contributed by atoms with van der Waals surface area (Å²) in [5.41, 5.74) is 0. The Bertz CT molecular complexity index is 53.6. The maximum atomic E-state index is 5.27. The number of hydrogen-bond acceptors (Lipinski definition) is 0. The Kier molecular flexibility index (Phi) is 3.79. The van der Waals surface area contributed by atoms with Crippen molar-refractivity contribution >= 4 is 67.2 Å². The van der Waals surface area contributed by atoms with Crippen LogP contribution < -0.4 is 0 Å². The monoisotopic (exact) mass is 214 g/mol.